The van der Waals surface area contributed by atoms with Crippen LogP contribution in [0.4, 0.5) is 0 Å². The van der Waals surface area contributed by atoms with E-state index in [0.29, 0.717) is 17.7 Å². The Balaban J connectivity index is 1.49. The largest absolute Gasteiger partial charge is 0.337 e. The molecular formula is C30H29N3O. The van der Waals surface area contributed by atoms with Gasteiger partial charge in [0.05, 0.1) is 11.6 Å². The van der Waals surface area contributed by atoms with Crippen LogP contribution >= 0.6 is 0 Å². The van der Waals surface area contributed by atoms with E-state index in [0.717, 1.165) is 29.8 Å². The molecule has 0 saturated heterocycles. The molecule has 4 rings (SSSR count). The summed E-state index contributed by atoms with van der Waals surface area (Å²) in [5.41, 5.74) is 5.76. The summed E-state index contributed by atoms with van der Waals surface area (Å²) >= 11 is 0. The Morgan fingerprint density at radius 3 is 2.18 bits per heavy atom. The predicted octanol–water partition coefficient (Wildman–Crippen LogP) is 6.10. The van der Waals surface area contributed by atoms with E-state index in [2.05, 4.69) is 61.3 Å². The Morgan fingerprint density at radius 2 is 1.53 bits per heavy atom. The molecule has 0 aliphatic carbocycles. The van der Waals surface area contributed by atoms with Crippen molar-refractivity contribution in [2.75, 3.05) is 20.6 Å². The standard InChI is InChI=1S/C30H29N3O/c1-4-32(2)20-23-10-17-29-27(18-23)6-5-7-28(29)21-33(3)30(34)26-15-13-25(14-16-26)24-11-8-22(19-31)9-12-24/h5-18H,4,20-21H2,1-3H3. The molecule has 0 atom stereocenters. The zero-order valence-corrected chi connectivity index (χ0v) is 20.0. The lowest BCUT2D eigenvalue weighted by molar-refractivity contribution is 0.0785. The fraction of sp³-hybridized carbons (Fsp3) is 0.200. The van der Waals surface area contributed by atoms with Gasteiger partial charge in [-0.3, -0.25) is 4.79 Å². The van der Waals surface area contributed by atoms with Crippen LogP contribution in [0.1, 0.15) is 34.0 Å². The molecule has 0 N–H and O–H groups in total. The second kappa shape index (κ2) is 10.3. The molecule has 1 amide bonds. The van der Waals surface area contributed by atoms with Crippen LogP contribution in [0.2, 0.25) is 0 Å². The maximum Gasteiger partial charge on any atom is 0.253 e. The van der Waals surface area contributed by atoms with E-state index >= 15 is 0 Å². The third kappa shape index (κ3) is 5.17. The highest BCUT2D eigenvalue weighted by molar-refractivity contribution is 5.95. The average molecular weight is 448 g/mol. The Kier molecular flexibility index (Phi) is 7.06. The van der Waals surface area contributed by atoms with Crippen molar-refractivity contribution in [3.8, 4) is 17.2 Å². The number of carbonyl (C=O) groups excluding carboxylic acids is 1. The lowest BCUT2D eigenvalue weighted by Gasteiger charge is -2.19. The molecule has 0 fully saturated rings. The van der Waals surface area contributed by atoms with Gasteiger partial charge in [0, 0.05) is 25.7 Å². The molecule has 34 heavy (non-hydrogen) atoms. The van der Waals surface area contributed by atoms with Gasteiger partial charge in [-0.15, -0.1) is 0 Å². The number of fused-ring (bicyclic) bond motifs is 1. The van der Waals surface area contributed by atoms with Gasteiger partial charge in [0.1, 0.15) is 0 Å². The molecule has 4 aromatic carbocycles. The molecule has 0 bridgehead atoms. The summed E-state index contributed by atoms with van der Waals surface area (Å²) in [4.78, 5) is 17.2. The Labute approximate surface area is 201 Å². The number of rotatable bonds is 7. The van der Waals surface area contributed by atoms with E-state index in [4.69, 9.17) is 5.26 Å². The van der Waals surface area contributed by atoms with Crippen molar-refractivity contribution in [2.45, 2.75) is 20.0 Å². The summed E-state index contributed by atoms with van der Waals surface area (Å²) in [6, 6.07) is 30.1. The van der Waals surface area contributed by atoms with Crippen LogP contribution in [-0.2, 0) is 13.1 Å². The number of carbonyl (C=O) groups is 1. The summed E-state index contributed by atoms with van der Waals surface area (Å²) in [7, 11) is 3.97. The molecule has 0 aliphatic heterocycles. The van der Waals surface area contributed by atoms with Crippen LogP contribution in [0.25, 0.3) is 21.9 Å². The van der Waals surface area contributed by atoms with Gasteiger partial charge in [0.15, 0.2) is 0 Å². The van der Waals surface area contributed by atoms with Crippen molar-refractivity contribution >= 4 is 16.7 Å². The molecule has 170 valence electrons. The van der Waals surface area contributed by atoms with Crippen molar-refractivity contribution in [1.82, 2.24) is 9.80 Å². The van der Waals surface area contributed by atoms with E-state index in [-0.39, 0.29) is 5.91 Å². The minimum atomic E-state index is -0.00966. The van der Waals surface area contributed by atoms with Crippen molar-refractivity contribution in [3.05, 3.63) is 107 Å². The van der Waals surface area contributed by atoms with E-state index < -0.39 is 0 Å². The molecule has 0 heterocycles. The van der Waals surface area contributed by atoms with Gasteiger partial charge in [-0.2, -0.15) is 5.26 Å². The quantitative estimate of drug-likeness (QED) is 0.344. The maximum absolute atomic E-state index is 13.1. The van der Waals surface area contributed by atoms with Gasteiger partial charge in [-0.05, 0) is 77.0 Å². The van der Waals surface area contributed by atoms with Gasteiger partial charge in [0.2, 0.25) is 0 Å². The Morgan fingerprint density at radius 1 is 0.853 bits per heavy atom. The van der Waals surface area contributed by atoms with E-state index in [1.54, 1.807) is 17.0 Å². The summed E-state index contributed by atoms with van der Waals surface area (Å²) in [6.45, 7) is 4.64. The molecule has 4 heteroatoms. The molecule has 4 nitrogen and oxygen atoms in total. The molecule has 4 aromatic rings. The van der Waals surface area contributed by atoms with E-state index in [1.165, 1.54) is 16.3 Å². The molecule has 0 saturated carbocycles. The Bertz CT molecular complexity index is 1330. The first-order valence-electron chi connectivity index (χ1n) is 11.5. The molecule has 0 radical (unpaired) electrons. The summed E-state index contributed by atoms with van der Waals surface area (Å²) < 4.78 is 0. The van der Waals surface area contributed by atoms with Crippen LogP contribution in [0.15, 0.2) is 84.9 Å². The number of amides is 1. The average Bonchev–Trinajstić information content (AvgIpc) is 2.88. The fourth-order valence-electron chi connectivity index (χ4n) is 4.15. The number of benzene rings is 4. The number of hydrogen-bond acceptors (Lipinski definition) is 3. The lowest BCUT2D eigenvalue weighted by Crippen LogP contribution is -2.26. The van der Waals surface area contributed by atoms with Crippen LogP contribution in [0, 0.1) is 11.3 Å². The van der Waals surface area contributed by atoms with Crippen LogP contribution < -0.4 is 0 Å². The van der Waals surface area contributed by atoms with Crippen molar-refractivity contribution < 1.29 is 4.79 Å². The maximum atomic E-state index is 13.1. The zero-order valence-electron chi connectivity index (χ0n) is 20.0. The van der Waals surface area contributed by atoms with Crippen LogP contribution in [-0.4, -0.2) is 36.3 Å². The predicted molar refractivity (Wildman–Crippen MR) is 138 cm³/mol. The third-order valence-electron chi connectivity index (χ3n) is 6.26. The van der Waals surface area contributed by atoms with Crippen molar-refractivity contribution in [1.29, 1.82) is 5.26 Å². The van der Waals surface area contributed by atoms with Gasteiger partial charge < -0.3 is 9.80 Å². The third-order valence-corrected chi connectivity index (χ3v) is 6.26. The minimum absolute atomic E-state index is 0.00966. The topological polar surface area (TPSA) is 47.3 Å². The second-order valence-electron chi connectivity index (χ2n) is 8.73. The van der Waals surface area contributed by atoms with Gasteiger partial charge in [-0.1, -0.05) is 61.5 Å². The smallest absolute Gasteiger partial charge is 0.253 e. The first-order chi connectivity index (χ1) is 16.5. The zero-order chi connectivity index (χ0) is 24.1. The van der Waals surface area contributed by atoms with E-state index in [9.17, 15) is 4.79 Å². The van der Waals surface area contributed by atoms with Crippen molar-refractivity contribution in [2.24, 2.45) is 0 Å². The molecule has 0 spiro atoms. The SMILES string of the molecule is CCN(C)Cc1ccc2c(CN(C)C(=O)c3ccc(-c4ccc(C#N)cc4)cc3)cccc2c1. The van der Waals surface area contributed by atoms with Gasteiger partial charge in [0.25, 0.3) is 5.91 Å². The summed E-state index contributed by atoms with van der Waals surface area (Å²) in [6.07, 6.45) is 0. The minimum Gasteiger partial charge on any atom is -0.337 e. The molecular weight excluding hydrogens is 418 g/mol. The first-order valence-corrected chi connectivity index (χ1v) is 11.5. The molecule has 0 aromatic heterocycles. The number of hydrogen-bond donors (Lipinski definition) is 0. The summed E-state index contributed by atoms with van der Waals surface area (Å²) in [5.74, 6) is -0.00966. The van der Waals surface area contributed by atoms with Gasteiger partial charge in [-0.25, -0.2) is 0 Å². The monoisotopic (exact) mass is 447 g/mol. The van der Waals surface area contributed by atoms with Crippen LogP contribution in [0.3, 0.4) is 0 Å². The molecule has 0 unspecified atom stereocenters. The fourth-order valence-corrected chi connectivity index (χ4v) is 4.15. The van der Waals surface area contributed by atoms with Crippen molar-refractivity contribution in [3.63, 3.8) is 0 Å². The summed E-state index contributed by atoms with van der Waals surface area (Å²) in [5, 5.41) is 11.4. The second-order valence-corrected chi connectivity index (χ2v) is 8.73. The molecule has 0 aliphatic rings. The van der Waals surface area contributed by atoms with Crippen LogP contribution in [0.5, 0.6) is 0 Å². The Hall–Kier alpha value is -3.94. The first kappa shape index (κ1) is 23.2. The van der Waals surface area contributed by atoms with E-state index in [1.807, 2.05) is 43.4 Å². The lowest BCUT2D eigenvalue weighted by atomic mass is 10.0. The number of nitriles is 1. The normalized spacial score (nSPS) is 10.9. The van der Waals surface area contributed by atoms with Gasteiger partial charge >= 0.3 is 0 Å². The number of nitrogens with zero attached hydrogens (tertiary/aromatic N) is 3. The highest BCUT2D eigenvalue weighted by Crippen LogP contribution is 2.24. The highest BCUT2D eigenvalue weighted by Gasteiger charge is 2.14. The highest BCUT2D eigenvalue weighted by atomic mass is 16.2.